The Hall–Kier alpha value is -3.54. The van der Waals surface area contributed by atoms with E-state index in [0.29, 0.717) is 17.4 Å². The number of anilines is 1. The number of hydrogen-bond acceptors (Lipinski definition) is 5. The normalized spacial score (nSPS) is 31.7. The molecule has 33 heavy (non-hydrogen) atoms. The van der Waals surface area contributed by atoms with Crippen LogP contribution < -0.4 is 4.90 Å². The standard InChI is InChI=1S/C27H23NO5/c1-14(24(29)15-7-3-2-4-8-15)33-27(32)18-9-5-6-10-21(18)28-25(30)22-16-11-12-17(20-13-19(16)20)23(22)26(28)31/h2-12,14,16-17,19-20,22-23H,13H2,1H3/t14-,16-,17+,19-,20-,22+,23-/m1/s1. The summed E-state index contributed by atoms with van der Waals surface area (Å²) in [6.07, 6.45) is 4.32. The highest BCUT2D eigenvalue weighted by Crippen LogP contribution is 2.65. The van der Waals surface area contributed by atoms with Crippen molar-refractivity contribution in [3.05, 3.63) is 77.9 Å². The first kappa shape index (κ1) is 20.1. The van der Waals surface area contributed by atoms with Gasteiger partial charge >= 0.3 is 5.97 Å². The van der Waals surface area contributed by atoms with Gasteiger partial charge in [0.15, 0.2) is 6.10 Å². The minimum Gasteiger partial charge on any atom is -0.451 e. The molecule has 2 aromatic carbocycles. The van der Waals surface area contributed by atoms with E-state index < -0.39 is 12.1 Å². The van der Waals surface area contributed by atoms with E-state index in [2.05, 4.69) is 12.2 Å². The van der Waals surface area contributed by atoms with E-state index in [9.17, 15) is 19.2 Å². The van der Waals surface area contributed by atoms with Crippen molar-refractivity contribution in [3.8, 4) is 0 Å². The first-order valence-electron chi connectivity index (χ1n) is 11.4. The van der Waals surface area contributed by atoms with Gasteiger partial charge in [-0.15, -0.1) is 0 Å². The van der Waals surface area contributed by atoms with Crippen molar-refractivity contribution in [2.75, 3.05) is 4.90 Å². The Morgan fingerprint density at radius 3 is 2.09 bits per heavy atom. The molecule has 0 aromatic heterocycles. The van der Waals surface area contributed by atoms with Crippen molar-refractivity contribution in [2.45, 2.75) is 19.4 Å². The lowest BCUT2D eigenvalue weighted by molar-refractivity contribution is -0.124. The number of Topliss-reactive ketones (excluding diaryl/α,β-unsaturated/α-hetero) is 1. The Labute approximate surface area is 191 Å². The molecule has 0 spiro atoms. The van der Waals surface area contributed by atoms with Gasteiger partial charge in [0.1, 0.15) is 0 Å². The Bertz CT molecular complexity index is 1180. The fourth-order valence-corrected chi connectivity index (χ4v) is 6.15. The minimum atomic E-state index is -1.01. The van der Waals surface area contributed by atoms with Crippen molar-refractivity contribution in [2.24, 2.45) is 35.5 Å². The molecule has 5 aliphatic rings. The predicted molar refractivity (Wildman–Crippen MR) is 119 cm³/mol. The third-order valence-corrected chi connectivity index (χ3v) is 7.74. The van der Waals surface area contributed by atoms with Gasteiger partial charge in [-0.2, -0.15) is 0 Å². The van der Waals surface area contributed by atoms with Crippen LogP contribution in [0, 0.1) is 35.5 Å². The van der Waals surface area contributed by atoms with Gasteiger partial charge in [0.2, 0.25) is 17.6 Å². The third kappa shape index (κ3) is 2.93. The van der Waals surface area contributed by atoms with Crippen LogP contribution in [0.3, 0.4) is 0 Å². The zero-order chi connectivity index (χ0) is 22.9. The van der Waals surface area contributed by atoms with Crippen molar-refractivity contribution >= 4 is 29.3 Å². The molecule has 2 saturated carbocycles. The van der Waals surface area contributed by atoms with E-state index in [0.717, 1.165) is 6.42 Å². The average Bonchev–Trinajstić information content (AvgIpc) is 3.62. The molecule has 166 valence electrons. The Morgan fingerprint density at radius 2 is 1.45 bits per heavy atom. The number of esters is 1. The number of allylic oxidation sites excluding steroid dienone is 2. The van der Waals surface area contributed by atoms with Gasteiger partial charge in [0.05, 0.1) is 23.1 Å². The maximum atomic E-state index is 13.5. The smallest absolute Gasteiger partial charge is 0.340 e. The quantitative estimate of drug-likeness (QED) is 0.306. The summed E-state index contributed by atoms with van der Waals surface area (Å²) in [7, 11) is 0. The summed E-state index contributed by atoms with van der Waals surface area (Å²) in [6, 6.07) is 15.1. The van der Waals surface area contributed by atoms with Crippen LogP contribution in [-0.4, -0.2) is 29.7 Å². The highest BCUT2D eigenvalue weighted by Gasteiger charge is 2.67. The van der Waals surface area contributed by atoms with Crippen molar-refractivity contribution in [1.29, 1.82) is 0 Å². The second-order valence-corrected chi connectivity index (χ2v) is 9.46. The largest absolute Gasteiger partial charge is 0.451 e. The summed E-state index contributed by atoms with van der Waals surface area (Å²) in [5.41, 5.74) is 0.789. The van der Waals surface area contributed by atoms with E-state index in [-0.39, 0.29) is 52.5 Å². The van der Waals surface area contributed by atoms with Gasteiger partial charge in [0, 0.05) is 5.56 Å². The number of carbonyl (C=O) groups excluding carboxylic acids is 4. The topological polar surface area (TPSA) is 80.8 Å². The van der Waals surface area contributed by atoms with Gasteiger partial charge in [-0.05, 0) is 49.1 Å². The number of nitrogens with zero attached hydrogens (tertiary/aromatic N) is 1. The lowest BCUT2D eigenvalue weighted by Crippen LogP contribution is -2.40. The molecule has 0 radical (unpaired) electrons. The lowest BCUT2D eigenvalue weighted by Gasteiger charge is -2.37. The molecule has 3 fully saturated rings. The summed E-state index contributed by atoms with van der Waals surface area (Å²) in [4.78, 5) is 53.8. The third-order valence-electron chi connectivity index (χ3n) is 7.74. The number of amides is 2. The zero-order valence-electron chi connectivity index (χ0n) is 18.1. The molecular weight excluding hydrogens is 418 g/mol. The molecule has 2 bridgehead atoms. The van der Waals surface area contributed by atoms with Gasteiger partial charge in [-0.25, -0.2) is 9.69 Å². The molecule has 0 N–H and O–H groups in total. The predicted octanol–water partition coefficient (Wildman–Crippen LogP) is 3.67. The Balaban J connectivity index is 1.27. The second kappa shape index (κ2) is 7.24. The molecule has 7 atom stereocenters. The number of ketones is 1. The van der Waals surface area contributed by atoms with Crippen LogP contribution in [0.2, 0.25) is 0 Å². The Morgan fingerprint density at radius 1 is 0.879 bits per heavy atom. The molecule has 2 amide bonds. The molecule has 1 heterocycles. The van der Waals surface area contributed by atoms with Crippen molar-refractivity contribution < 1.29 is 23.9 Å². The van der Waals surface area contributed by atoms with E-state index in [1.54, 1.807) is 48.5 Å². The van der Waals surface area contributed by atoms with Gasteiger partial charge in [-0.1, -0.05) is 54.6 Å². The summed E-state index contributed by atoms with van der Waals surface area (Å²) in [5, 5.41) is 0. The van der Waals surface area contributed by atoms with Gasteiger partial charge in [0.25, 0.3) is 0 Å². The SMILES string of the molecule is C[C@@H](OC(=O)c1ccccc1N1C(=O)[C@@H]2[C@H]3C=C[C@H]([C@H]4C[C@H]34)[C@@H]2C1=O)C(=O)c1ccccc1. The highest BCUT2D eigenvalue weighted by atomic mass is 16.5. The fraction of sp³-hybridized carbons (Fsp3) is 0.333. The molecule has 1 aliphatic heterocycles. The van der Waals surface area contributed by atoms with Gasteiger partial charge in [-0.3, -0.25) is 14.4 Å². The average molecular weight is 441 g/mol. The van der Waals surface area contributed by atoms with Crippen LogP contribution in [0.5, 0.6) is 0 Å². The molecular formula is C27H23NO5. The molecule has 6 heteroatoms. The first-order valence-corrected chi connectivity index (χ1v) is 11.4. The summed E-state index contributed by atoms with van der Waals surface area (Å²) in [5.74, 6) is -0.997. The number of imide groups is 1. The number of carbonyl (C=O) groups is 4. The first-order chi connectivity index (χ1) is 16.0. The number of rotatable bonds is 5. The highest BCUT2D eigenvalue weighted by molar-refractivity contribution is 6.24. The second-order valence-electron chi connectivity index (χ2n) is 9.46. The zero-order valence-corrected chi connectivity index (χ0v) is 18.1. The van der Waals surface area contributed by atoms with Crippen LogP contribution in [0.15, 0.2) is 66.7 Å². The molecule has 4 aliphatic carbocycles. The van der Waals surface area contributed by atoms with Crippen LogP contribution in [-0.2, 0) is 14.3 Å². The van der Waals surface area contributed by atoms with E-state index >= 15 is 0 Å². The number of para-hydroxylation sites is 1. The van der Waals surface area contributed by atoms with E-state index in [1.165, 1.54) is 17.9 Å². The number of ether oxygens (including phenoxy) is 1. The minimum absolute atomic E-state index is 0.106. The number of benzene rings is 2. The maximum absolute atomic E-state index is 13.5. The summed E-state index contributed by atoms with van der Waals surface area (Å²) in [6.45, 7) is 1.52. The maximum Gasteiger partial charge on any atom is 0.340 e. The fourth-order valence-electron chi connectivity index (χ4n) is 6.15. The lowest BCUT2D eigenvalue weighted by atomic mass is 9.63. The van der Waals surface area contributed by atoms with Crippen LogP contribution in [0.1, 0.15) is 34.1 Å². The Kier molecular flexibility index (Phi) is 4.41. The van der Waals surface area contributed by atoms with Crippen molar-refractivity contribution in [1.82, 2.24) is 0 Å². The van der Waals surface area contributed by atoms with Crippen LogP contribution in [0.25, 0.3) is 0 Å². The molecule has 1 saturated heterocycles. The number of hydrogen-bond donors (Lipinski definition) is 0. The van der Waals surface area contributed by atoms with Crippen molar-refractivity contribution in [3.63, 3.8) is 0 Å². The van der Waals surface area contributed by atoms with Crippen LogP contribution in [0.4, 0.5) is 5.69 Å². The molecule has 2 aromatic rings. The van der Waals surface area contributed by atoms with Gasteiger partial charge < -0.3 is 4.74 Å². The van der Waals surface area contributed by atoms with E-state index in [4.69, 9.17) is 4.74 Å². The monoisotopic (exact) mass is 441 g/mol. The van der Waals surface area contributed by atoms with E-state index in [1.807, 2.05) is 0 Å². The molecule has 7 rings (SSSR count). The van der Waals surface area contributed by atoms with Crippen LogP contribution >= 0.6 is 0 Å². The summed E-state index contributed by atoms with van der Waals surface area (Å²) < 4.78 is 5.47. The molecule has 6 nitrogen and oxygen atoms in total. The molecule has 0 unspecified atom stereocenters. The summed E-state index contributed by atoms with van der Waals surface area (Å²) >= 11 is 0.